The van der Waals surface area contributed by atoms with Gasteiger partial charge in [-0.2, -0.15) is 0 Å². The molecule has 21 heavy (non-hydrogen) atoms. The Balaban J connectivity index is 1.96. The van der Waals surface area contributed by atoms with Gasteiger partial charge in [0.1, 0.15) is 0 Å². The Bertz CT molecular complexity index is 625. The number of carbonyl (C=O) groups excluding carboxylic acids is 1. The van der Waals surface area contributed by atoms with E-state index in [0.717, 1.165) is 16.9 Å². The van der Waals surface area contributed by atoms with Gasteiger partial charge in [0.2, 0.25) is 5.91 Å². The maximum absolute atomic E-state index is 11.9. The number of nitrogens with zero attached hydrogens (tertiary/aromatic N) is 1. The molecule has 0 spiro atoms. The number of nitrogens with one attached hydrogen (secondary N) is 1. The Morgan fingerprint density at radius 3 is 2.19 bits per heavy atom. The summed E-state index contributed by atoms with van der Waals surface area (Å²) in [5.74, 6) is -0.131. The van der Waals surface area contributed by atoms with Gasteiger partial charge < -0.3 is 10.2 Å². The molecule has 0 atom stereocenters. The fourth-order valence-corrected chi connectivity index (χ4v) is 1.88. The Morgan fingerprint density at radius 1 is 1.00 bits per heavy atom. The minimum absolute atomic E-state index is 0.131. The van der Waals surface area contributed by atoms with Crippen LogP contribution in [0.5, 0.6) is 0 Å². The van der Waals surface area contributed by atoms with E-state index < -0.39 is 0 Å². The second-order valence-corrected chi connectivity index (χ2v) is 5.17. The molecule has 1 N–H and O–H groups in total. The van der Waals surface area contributed by atoms with Crippen molar-refractivity contribution in [2.75, 3.05) is 24.3 Å². The lowest BCUT2D eigenvalue weighted by Crippen LogP contribution is -2.10. The molecule has 0 bridgehead atoms. The van der Waals surface area contributed by atoms with E-state index in [1.54, 1.807) is 6.08 Å². The average molecular weight is 280 g/mol. The first-order valence-electron chi connectivity index (χ1n) is 6.88. The predicted molar refractivity (Wildman–Crippen MR) is 89.6 cm³/mol. The monoisotopic (exact) mass is 280 g/mol. The normalized spacial score (nSPS) is 10.6. The number of anilines is 2. The van der Waals surface area contributed by atoms with E-state index in [4.69, 9.17) is 0 Å². The zero-order valence-corrected chi connectivity index (χ0v) is 12.6. The Morgan fingerprint density at radius 2 is 1.62 bits per heavy atom. The molecular formula is C18H20N2O. The fourth-order valence-electron chi connectivity index (χ4n) is 1.88. The first kappa shape index (κ1) is 14.9. The van der Waals surface area contributed by atoms with Crippen molar-refractivity contribution < 1.29 is 4.79 Å². The third-order valence-corrected chi connectivity index (χ3v) is 3.16. The van der Waals surface area contributed by atoms with Gasteiger partial charge in [-0.15, -0.1) is 0 Å². The van der Waals surface area contributed by atoms with E-state index in [1.165, 1.54) is 5.56 Å². The summed E-state index contributed by atoms with van der Waals surface area (Å²) in [6.45, 7) is 2.04. The van der Waals surface area contributed by atoms with Crippen molar-refractivity contribution in [1.29, 1.82) is 0 Å². The minimum atomic E-state index is -0.131. The summed E-state index contributed by atoms with van der Waals surface area (Å²) in [5.41, 5.74) is 4.11. The lowest BCUT2D eigenvalue weighted by Gasteiger charge is -2.12. The van der Waals surface area contributed by atoms with Gasteiger partial charge in [-0.1, -0.05) is 29.8 Å². The van der Waals surface area contributed by atoms with Gasteiger partial charge in [-0.25, -0.2) is 0 Å². The van der Waals surface area contributed by atoms with E-state index >= 15 is 0 Å². The van der Waals surface area contributed by atoms with Crippen LogP contribution in [0.1, 0.15) is 11.1 Å². The van der Waals surface area contributed by atoms with Gasteiger partial charge in [0.15, 0.2) is 0 Å². The van der Waals surface area contributed by atoms with E-state index in [1.807, 2.05) is 80.5 Å². The van der Waals surface area contributed by atoms with Gasteiger partial charge in [-0.05, 0) is 42.8 Å². The Kier molecular flexibility index (Phi) is 4.77. The van der Waals surface area contributed by atoms with E-state index in [0.29, 0.717) is 0 Å². The van der Waals surface area contributed by atoms with Crippen LogP contribution in [0.2, 0.25) is 0 Å². The number of hydrogen-bond donors (Lipinski definition) is 1. The zero-order valence-electron chi connectivity index (χ0n) is 12.6. The van der Waals surface area contributed by atoms with Crippen LogP contribution in [0.3, 0.4) is 0 Å². The topological polar surface area (TPSA) is 32.3 Å². The van der Waals surface area contributed by atoms with Crippen molar-refractivity contribution in [3.05, 3.63) is 65.7 Å². The molecule has 0 saturated carbocycles. The van der Waals surface area contributed by atoms with Gasteiger partial charge in [0.25, 0.3) is 0 Å². The second-order valence-electron chi connectivity index (χ2n) is 5.17. The summed E-state index contributed by atoms with van der Waals surface area (Å²) in [6.07, 6.45) is 3.35. The maximum Gasteiger partial charge on any atom is 0.248 e. The molecule has 0 aliphatic heterocycles. The SMILES string of the molecule is Cc1ccc(C=CC(=O)Nc2ccc(N(C)C)cc2)cc1. The molecule has 1 amide bonds. The molecule has 0 radical (unpaired) electrons. The highest BCUT2D eigenvalue weighted by Crippen LogP contribution is 2.15. The van der Waals surface area contributed by atoms with Gasteiger partial charge in [0, 0.05) is 31.5 Å². The highest BCUT2D eigenvalue weighted by molar-refractivity contribution is 6.02. The molecule has 0 saturated heterocycles. The lowest BCUT2D eigenvalue weighted by molar-refractivity contribution is -0.111. The molecule has 2 aromatic rings. The molecule has 0 aromatic heterocycles. The first-order valence-corrected chi connectivity index (χ1v) is 6.88. The van der Waals surface area contributed by atoms with E-state index in [9.17, 15) is 4.79 Å². The zero-order chi connectivity index (χ0) is 15.2. The standard InChI is InChI=1S/C18H20N2O/c1-14-4-6-15(7-5-14)8-13-18(21)19-16-9-11-17(12-10-16)20(2)3/h4-13H,1-3H3,(H,19,21). The third kappa shape index (κ3) is 4.49. The van der Waals surface area contributed by atoms with E-state index in [-0.39, 0.29) is 5.91 Å². The maximum atomic E-state index is 11.9. The molecule has 3 heteroatoms. The van der Waals surface area contributed by atoms with Crippen LogP contribution in [0, 0.1) is 6.92 Å². The molecule has 2 aromatic carbocycles. The molecule has 0 aliphatic carbocycles. The number of benzene rings is 2. The van der Waals surface area contributed by atoms with Crippen molar-refractivity contribution in [2.24, 2.45) is 0 Å². The summed E-state index contributed by atoms with van der Waals surface area (Å²) in [5, 5.41) is 2.85. The van der Waals surface area contributed by atoms with Crippen LogP contribution < -0.4 is 10.2 Å². The molecular weight excluding hydrogens is 260 g/mol. The largest absolute Gasteiger partial charge is 0.378 e. The summed E-state index contributed by atoms with van der Waals surface area (Å²) in [7, 11) is 3.97. The smallest absolute Gasteiger partial charge is 0.248 e. The lowest BCUT2D eigenvalue weighted by atomic mass is 10.1. The molecule has 0 unspecified atom stereocenters. The van der Waals surface area contributed by atoms with Crippen LogP contribution in [0.25, 0.3) is 6.08 Å². The fraction of sp³-hybridized carbons (Fsp3) is 0.167. The molecule has 2 rings (SSSR count). The van der Waals surface area contributed by atoms with E-state index in [2.05, 4.69) is 5.32 Å². The van der Waals surface area contributed by atoms with Crippen LogP contribution in [0.4, 0.5) is 11.4 Å². The minimum Gasteiger partial charge on any atom is -0.378 e. The summed E-state index contributed by atoms with van der Waals surface area (Å²) in [6, 6.07) is 15.8. The second kappa shape index (κ2) is 6.75. The molecule has 0 fully saturated rings. The first-order chi connectivity index (χ1) is 10.0. The number of rotatable bonds is 4. The molecule has 3 nitrogen and oxygen atoms in total. The van der Waals surface area contributed by atoms with Gasteiger partial charge in [0.05, 0.1) is 0 Å². The van der Waals surface area contributed by atoms with Crippen LogP contribution in [-0.2, 0) is 4.79 Å². The molecule has 0 aliphatic rings. The van der Waals surface area contributed by atoms with Gasteiger partial charge in [-0.3, -0.25) is 4.79 Å². The number of carbonyl (C=O) groups is 1. The highest BCUT2D eigenvalue weighted by atomic mass is 16.1. The highest BCUT2D eigenvalue weighted by Gasteiger charge is 1.99. The third-order valence-electron chi connectivity index (χ3n) is 3.16. The van der Waals surface area contributed by atoms with Crippen molar-refractivity contribution in [3.63, 3.8) is 0 Å². The number of hydrogen-bond acceptors (Lipinski definition) is 2. The summed E-state index contributed by atoms with van der Waals surface area (Å²) < 4.78 is 0. The van der Waals surface area contributed by atoms with Crippen molar-refractivity contribution in [2.45, 2.75) is 6.92 Å². The quantitative estimate of drug-likeness (QED) is 0.866. The van der Waals surface area contributed by atoms with Crippen molar-refractivity contribution >= 4 is 23.4 Å². The number of amides is 1. The Hall–Kier alpha value is -2.55. The summed E-state index contributed by atoms with van der Waals surface area (Å²) >= 11 is 0. The van der Waals surface area contributed by atoms with Crippen LogP contribution >= 0.6 is 0 Å². The van der Waals surface area contributed by atoms with Crippen LogP contribution in [-0.4, -0.2) is 20.0 Å². The summed E-state index contributed by atoms with van der Waals surface area (Å²) in [4.78, 5) is 13.9. The van der Waals surface area contributed by atoms with Crippen LogP contribution in [0.15, 0.2) is 54.6 Å². The Labute approximate surface area is 125 Å². The molecule has 108 valence electrons. The predicted octanol–water partition coefficient (Wildman–Crippen LogP) is 3.71. The van der Waals surface area contributed by atoms with Crippen molar-refractivity contribution in [1.82, 2.24) is 0 Å². The van der Waals surface area contributed by atoms with Crippen molar-refractivity contribution in [3.8, 4) is 0 Å². The van der Waals surface area contributed by atoms with Gasteiger partial charge >= 0.3 is 0 Å². The average Bonchev–Trinajstić information content (AvgIpc) is 2.47. The molecule has 0 heterocycles. The number of aryl methyl sites for hydroxylation is 1.